The number of aromatic nitrogens is 3. The predicted molar refractivity (Wildman–Crippen MR) is 118 cm³/mol. The summed E-state index contributed by atoms with van der Waals surface area (Å²) in [6.45, 7) is 2.13. The summed E-state index contributed by atoms with van der Waals surface area (Å²) in [5.74, 6) is 0.0759. The molecular weight excluding hydrogens is 458 g/mol. The molecule has 0 fully saturated rings. The van der Waals surface area contributed by atoms with Crippen LogP contribution in [0.3, 0.4) is 0 Å². The van der Waals surface area contributed by atoms with Crippen molar-refractivity contribution in [2.24, 2.45) is 0 Å². The Morgan fingerprint density at radius 1 is 1.22 bits per heavy atom. The Bertz CT molecular complexity index is 1250. The second-order valence-corrected chi connectivity index (χ2v) is 7.77. The summed E-state index contributed by atoms with van der Waals surface area (Å²) in [7, 11) is 0. The van der Waals surface area contributed by atoms with Gasteiger partial charge < -0.3 is 14.6 Å². The third kappa shape index (κ3) is 5.09. The molecule has 2 heterocycles. The standard InChI is InChI=1S/C22H17Cl2FN4O3/c1-13-19(12-31-18-6-4-16(25)5-7-18)21(28-32-13)22(30)27-17-9-26-29(11-17)10-14-2-3-15(23)8-20(14)24/h2-9,11H,10,12H2,1H3,(H,27,30). The normalized spacial score (nSPS) is 10.9. The van der Waals surface area contributed by atoms with Gasteiger partial charge in [-0.05, 0) is 48.9 Å². The maximum absolute atomic E-state index is 13.0. The number of hydrogen-bond donors (Lipinski definition) is 1. The number of rotatable bonds is 7. The first kappa shape index (κ1) is 21.9. The van der Waals surface area contributed by atoms with E-state index in [9.17, 15) is 9.18 Å². The van der Waals surface area contributed by atoms with E-state index in [0.29, 0.717) is 39.4 Å². The van der Waals surface area contributed by atoms with Gasteiger partial charge in [-0.1, -0.05) is 34.4 Å². The van der Waals surface area contributed by atoms with Crippen molar-refractivity contribution in [3.63, 3.8) is 0 Å². The van der Waals surface area contributed by atoms with Crippen molar-refractivity contribution in [3.8, 4) is 5.75 Å². The average Bonchev–Trinajstić information content (AvgIpc) is 3.36. The van der Waals surface area contributed by atoms with Crippen LogP contribution in [-0.4, -0.2) is 20.8 Å². The van der Waals surface area contributed by atoms with Crippen molar-refractivity contribution in [1.29, 1.82) is 0 Å². The second kappa shape index (κ2) is 9.42. The highest BCUT2D eigenvalue weighted by Crippen LogP contribution is 2.23. The van der Waals surface area contributed by atoms with Gasteiger partial charge in [0.2, 0.25) is 0 Å². The van der Waals surface area contributed by atoms with Crippen LogP contribution in [0.25, 0.3) is 0 Å². The van der Waals surface area contributed by atoms with E-state index in [1.807, 2.05) is 6.07 Å². The maximum Gasteiger partial charge on any atom is 0.278 e. The summed E-state index contributed by atoms with van der Waals surface area (Å²) >= 11 is 12.1. The van der Waals surface area contributed by atoms with Crippen molar-refractivity contribution >= 4 is 34.8 Å². The van der Waals surface area contributed by atoms with Crippen LogP contribution in [0, 0.1) is 12.7 Å². The smallest absolute Gasteiger partial charge is 0.278 e. The van der Waals surface area contributed by atoms with Gasteiger partial charge in [0, 0.05) is 16.2 Å². The van der Waals surface area contributed by atoms with E-state index >= 15 is 0 Å². The molecular formula is C22H17Cl2FN4O3. The quantitative estimate of drug-likeness (QED) is 0.382. The Balaban J connectivity index is 1.42. The molecule has 0 aliphatic carbocycles. The molecule has 0 saturated heterocycles. The van der Waals surface area contributed by atoms with Gasteiger partial charge in [0.15, 0.2) is 5.69 Å². The van der Waals surface area contributed by atoms with E-state index in [1.54, 1.807) is 29.9 Å². The highest BCUT2D eigenvalue weighted by Gasteiger charge is 2.21. The lowest BCUT2D eigenvalue weighted by Crippen LogP contribution is -2.15. The van der Waals surface area contributed by atoms with Crippen LogP contribution >= 0.6 is 23.2 Å². The molecule has 0 aliphatic rings. The van der Waals surface area contributed by atoms with E-state index in [0.717, 1.165) is 5.56 Å². The van der Waals surface area contributed by atoms with Crippen LogP contribution < -0.4 is 10.1 Å². The lowest BCUT2D eigenvalue weighted by Gasteiger charge is -2.07. The van der Waals surface area contributed by atoms with Crippen LogP contribution in [0.4, 0.5) is 10.1 Å². The second-order valence-electron chi connectivity index (χ2n) is 6.92. The van der Waals surface area contributed by atoms with E-state index in [4.69, 9.17) is 32.5 Å². The first-order valence-electron chi connectivity index (χ1n) is 9.50. The topological polar surface area (TPSA) is 82.2 Å². The van der Waals surface area contributed by atoms with E-state index < -0.39 is 5.91 Å². The molecule has 0 spiro atoms. The summed E-state index contributed by atoms with van der Waals surface area (Å²) in [5.41, 5.74) is 1.90. The molecule has 2 aromatic carbocycles. The van der Waals surface area contributed by atoms with Crippen molar-refractivity contribution < 1.29 is 18.4 Å². The Labute approximate surface area is 192 Å². The molecule has 0 bridgehead atoms. The molecule has 1 N–H and O–H groups in total. The van der Waals surface area contributed by atoms with E-state index in [1.165, 1.54) is 30.5 Å². The highest BCUT2D eigenvalue weighted by molar-refractivity contribution is 6.35. The first-order chi connectivity index (χ1) is 15.4. The minimum Gasteiger partial charge on any atom is -0.489 e. The first-order valence-corrected chi connectivity index (χ1v) is 10.3. The van der Waals surface area contributed by atoms with E-state index in [2.05, 4.69) is 15.6 Å². The van der Waals surface area contributed by atoms with Gasteiger partial charge in [-0.2, -0.15) is 5.10 Å². The predicted octanol–water partition coefficient (Wildman–Crippen LogP) is 5.51. The fourth-order valence-electron chi connectivity index (χ4n) is 2.96. The van der Waals surface area contributed by atoms with E-state index in [-0.39, 0.29) is 18.1 Å². The molecule has 10 heteroatoms. The third-order valence-corrected chi connectivity index (χ3v) is 5.22. The number of ether oxygens (including phenoxy) is 1. The molecule has 4 rings (SSSR count). The molecule has 4 aromatic rings. The Kier molecular flexibility index (Phi) is 6.43. The molecule has 1 amide bonds. The minimum atomic E-state index is -0.469. The van der Waals surface area contributed by atoms with Crippen LogP contribution in [-0.2, 0) is 13.2 Å². The Morgan fingerprint density at radius 2 is 2.00 bits per heavy atom. The monoisotopic (exact) mass is 474 g/mol. The number of hydrogen-bond acceptors (Lipinski definition) is 5. The lowest BCUT2D eigenvalue weighted by molar-refractivity contribution is 0.101. The Morgan fingerprint density at radius 3 is 2.75 bits per heavy atom. The van der Waals surface area contributed by atoms with Crippen LogP contribution in [0.5, 0.6) is 5.75 Å². The summed E-state index contributed by atoms with van der Waals surface area (Å²) in [4.78, 5) is 12.8. The molecule has 0 saturated carbocycles. The summed E-state index contributed by atoms with van der Waals surface area (Å²) < 4.78 is 25.5. The van der Waals surface area contributed by atoms with Crippen LogP contribution in [0.1, 0.15) is 27.4 Å². The molecule has 0 atom stereocenters. The summed E-state index contributed by atoms with van der Waals surface area (Å²) in [6, 6.07) is 10.8. The number of carbonyl (C=O) groups is 1. The van der Waals surface area contributed by atoms with Gasteiger partial charge in [0.05, 0.1) is 24.0 Å². The fraction of sp³-hybridized carbons (Fsp3) is 0.136. The molecule has 164 valence electrons. The SMILES string of the molecule is Cc1onc(C(=O)Nc2cnn(Cc3ccc(Cl)cc3Cl)c2)c1COc1ccc(F)cc1. The van der Waals surface area contributed by atoms with Crippen molar-refractivity contribution in [1.82, 2.24) is 14.9 Å². The van der Waals surface area contributed by atoms with Gasteiger partial charge in [-0.15, -0.1) is 0 Å². The largest absolute Gasteiger partial charge is 0.489 e. The number of nitrogens with one attached hydrogen (secondary N) is 1. The Hall–Kier alpha value is -3.36. The van der Waals surface area contributed by atoms with Gasteiger partial charge in [0.25, 0.3) is 5.91 Å². The molecule has 0 aliphatic heterocycles. The molecule has 0 unspecified atom stereocenters. The van der Waals surface area contributed by atoms with Gasteiger partial charge in [-0.3, -0.25) is 9.48 Å². The van der Waals surface area contributed by atoms with Crippen LogP contribution in [0.2, 0.25) is 10.0 Å². The van der Waals surface area contributed by atoms with Crippen molar-refractivity contribution in [2.45, 2.75) is 20.1 Å². The maximum atomic E-state index is 13.0. The lowest BCUT2D eigenvalue weighted by atomic mass is 10.2. The molecule has 2 aromatic heterocycles. The molecule has 0 radical (unpaired) electrons. The number of halogens is 3. The average molecular weight is 475 g/mol. The van der Waals surface area contributed by atoms with Crippen molar-refractivity contribution in [3.05, 3.63) is 93.3 Å². The highest BCUT2D eigenvalue weighted by atomic mass is 35.5. The number of benzene rings is 2. The summed E-state index contributed by atoms with van der Waals surface area (Å²) in [6.07, 6.45) is 3.19. The van der Waals surface area contributed by atoms with Gasteiger partial charge >= 0.3 is 0 Å². The number of nitrogens with zero attached hydrogens (tertiary/aromatic N) is 3. The fourth-order valence-corrected chi connectivity index (χ4v) is 3.42. The molecule has 7 nitrogen and oxygen atoms in total. The number of amides is 1. The van der Waals surface area contributed by atoms with Gasteiger partial charge in [0.1, 0.15) is 23.9 Å². The van der Waals surface area contributed by atoms with Crippen molar-refractivity contribution in [2.75, 3.05) is 5.32 Å². The number of aryl methyl sites for hydroxylation is 1. The third-order valence-electron chi connectivity index (χ3n) is 4.64. The zero-order valence-electron chi connectivity index (χ0n) is 16.8. The zero-order valence-corrected chi connectivity index (χ0v) is 18.3. The summed E-state index contributed by atoms with van der Waals surface area (Å²) in [5, 5.41) is 11.9. The molecule has 32 heavy (non-hydrogen) atoms. The number of carbonyl (C=O) groups excluding carboxylic acids is 1. The minimum absolute atomic E-state index is 0.0397. The number of anilines is 1. The van der Waals surface area contributed by atoms with Gasteiger partial charge in [-0.25, -0.2) is 4.39 Å². The zero-order chi connectivity index (χ0) is 22.7. The van der Waals surface area contributed by atoms with Crippen LogP contribution in [0.15, 0.2) is 59.4 Å².